The average molecular weight is 161 g/mol. The number of carbonyl (C=O) groups excluding carboxylic acids is 2. The summed E-state index contributed by atoms with van der Waals surface area (Å²) in [4.78, 5) is 21.6. The third-order valence-electron chi connectivity index (χ3n) is 2.01. The van der Waals surface area contributed by atoms with Crippen LogP contribution >= 0.6 is 0 Å². The van der Waals surface area contributed by atoms with Gasteiger partial charge in [-0.1, -0.05) is 12.1 Å². The van der Waals surface area contributed by atoms with E-state index in [0.717, 1.165) is 11.8 Å². The maximum Gasteiger partial charge on any atom is 0.251 e. The van der Waals surface area contributed by atoms with Crippen molar-refractivity contribution in [1.29, 1.82) is 0 Å². The summed E-state index contributed by atoms with van der Waals surface area (Å²) < 4.78 is 0. The number of benzene rings is 1. The summed E-state index contributed by atoms with van der Waals surface area (Å²) in [6.07, 6.45) is 0.777. The van der Waals surface area contributed by atoms with E-state index in [0.29, 0.717) is 17.7 Å². The first kappa shape index (κ1) is 7.03. The lowest BCUT2D eigenvalue weighted by molar-refractivity contribution is 0.0965. The Hall–Kier alpha value is -1.64. The Balaban J connectivity index is 2.65. The third kappa shape index (κ3) is 0.830. The van der Waals surface area contributed by atoms with Gasteiger partial charge in [0.2, 0.25) is 0 Å². The van der Waals surface area contributed by atoms with Crippen LogP contribution in [0.5, 0.6) is 0 Å². The number of nitrogens with one attached hydrogen (secondary N) is 1. The van der Waals surface area contributed by atoms with Gasteiger partial charge in [0.1, 0.15) is 6.29 Å². The summed E-state index contributed by atoms with van der Waals surface area (Å²) in [6.45, 7) is 0.475. The van der Waals surface area contributed by atoms with Gasteiger partial charge >= 0.3 is 0 Å². The molecule has 1 aliphatic rings. The molecule has 1 aromatic rings. The summed E-state index contributed by atoms with van der Waals surface area (Å²) >= 11 is 0. The first-order valence-electron chi connectivity index (χ1n) is 3.68. The molecule has 0 fully saturated rings. The van der Waals surface area contributed by atoms with Crippen LogP contribution in [-0.4, -0.2) is 12.2 Å². The van der Waals surface area contributed by atoms with Gasteiger partial charge in [-0.2, -0.15) is 0 Å². The highest BCUT2D eigenvalue weighted by atomic mass is 16.2. The van der Waals surface area contributed by atoms with Crippen LogP contribution in [0.1, 0.15) is 26.3 Å². The van der Waals surface area contributed by atoms with E-state index in [-0.39, 0.29) is 5.91 Å². The van der Waals surface area contributed by atoms with Crippen LogP contribution in [0.2, 0.25) is 0 Å². The van der Waals surface area contributed by atoms with Crippen molar-refractivity contribution in [3.63, 3.8) is 0 Å². The molecule has 0 aliphatic carbocycles. The zero-order valence-corrected chi connectivity index (χ0v) is 6.33. The minimum Gasteiger partial charge on any atom is -0.348 e. The fourth-order valence-electron chi connectivity index (χ4n) is 1.39. The quantitative estimate of drug-likeness (QED) is 0.617. The van der Waals surface area contributed by atoms with Crippen LogP contribution in [0.15, 0.2) is 18.2 Å². The van der Waals surface area contributed by atoms with E-state index in [9.17, 15) is 9.59 Å². The molecule has 0 bridgehead atoms. The second kappa shape index (κ2) is 2.44. The summed E-state index contributed by atoms with van der Waals surface area (Å²) in [6, 6.07) is 5.16. The highest BCUT2D eigenvalue weighted by Crippen LogP contribution is 2.17. The number of carbonyl (C=O) groups is 2. The Morgan fingerprint density at radius 1 is 1.42 bits per heavy atom. The first-order chi connectivity index (χ1) is 5.83. The summed E-state index contributed by atoms with van der Waals surface area (Å²) in [5.41, 5.74) is 2.04. The van der Waals surface area contributed by atoms with Gasteiger partial charge in [-0.25, -0.2) is 0 Å². The number of hydrogen-bond acceptors (Lipinski definition) is 2. The zero-order valence-electron chi connectivity index (χ0n) is 6.33. The second-order valence-corrected chi connectivity index (χ2v) is 2.67. The molecule has 0 spiro atoms. The van der Waals surface area contributed by atoms with Crippen molar-refractivity contribution in [2.24, 2.45) is 0 Å². The fourth-order valence-corrected chi connectivity index (χ4v) is 1.39. The van der Waals surface area contributed by atoms with Crippen molar-refractivity contribution < 1.29 is 9.59 Å². The molecule has 60 valence electrons. The van der Waals surface area contributed by atoms with Gasteiger partial charge in [-0.15, -0.1) is 0 Å². The predicted octanol–water partition coefficient (Wildman–Crippen LogP) is 0.742. The average Bonchev–Trinajstić information content (AvgIpc) is 2.48. The maximum absolute atomic E-state index is 11.1. The van der Waals surface area contributed by atoms with E-state index in [1.807, 2.05) is 0 Å². The van der Waals surface area contributed by atoms with Gasteiger partial charge < -0.3 is 5.32 Å². The lowest BCUT2D eigenvalue weighted by atomic mass is 10.0. The molecule has 1 aliphatic heterocycles. The molecule has 0 radical (unpaired) electrons. The van der Waals surface area contributed by atoms with E-state index in [1.54, 1.807) is 18.2 Å². The van der Waals surface area contributed by atoms with Crippen molar-refractivity contribution >= 4 is 12.2 Å². The van der Waals surface area contributed by atoms with Crippen LogP contribution in [0.3, 0.4) is 0 Å². The minimum absolute atomic E-state index is 0.0892. The molecular formula is C9H7NO2. The lowest BCUT2D eigenvalue weighted by Gasteiger charge is -1.96. The van der Waals surface area contributed by atoms with Crippen molar-refractivity contribution in [3.05, 3.63) is 34.9 Å². The van der Waals surface area contributed by atoms with Crippen LogP contribution in [0.25, 0.3) is 0 Å². The second-order valence-electron chi connectivity index (χ2n) is 2.67. The Bertz CT molecular complexity index is 358. The van der Waals surface area contributed by atoms with Gasteiger partial charge in [0.15, 0.2) is 0 Å². The maximum atomic E-state index is 11.1. The summed E-state index contributed by atoms with van der Waals surface area (Å²) in [7, 11) is 0. The summed E-state index contributed by atoms with van der Waals surface area (Å²) in [5, 5.41) is 2.66. The number of fused-ring (bicyclic) bond motifs is 1. The van der Waals surface area contributed by atoms with Crippen LogP contribution in [0.4, 0.5) is 0 Å². The van der Waals surface area contributed by atoms with Gasteiger partial charge in [-0.3, -0.25) is 9.59 Å². The molecule has 1 N–H and O–H groups in total. The molecule has 0 saturated heterocycles. The molecule has 0 unspecified atom stereocenters. The molecule has 0 aromatic heterocycles. The molecular weight excluding hydrogens is 154 g/mol. The smallest absolute Gasteiger partial charge is 0.251 e. The third-order valence-corrected chi connectivity index (χ3v) is 2.01. The fraction of sp³-hybridized carbons (Fsp3) is 0.111. The number of amides is 1. The largest absolute Gasteiger partial charge is 0.348 e. The minimum atomic E-state index is -0.0892. The topological polar surface area (TPSA) is 46.2 Å². The molecule has 1 amide bonds. The first-order valence-corrected chi connectivity index (χ1v) is 3.68. The van der Waals surface area contributed by atoms with E-state index < -0.39 is 0 Å². The molecule has 3 nitrogen and oxygen atoms in total. The highest BCUT2D eigenvalue weighted by Gasteiger charge is 2.20. The summed E-state index contributed by atoms with van der Waals surface area (Å²) in [5.74, 6) is -0.0892. The van der Waals surface area contributed by atoms with Crippen LogP contribution < -0.4 is 5.32 Å². The van der Waals surface area contributed by atoms with Crippen molar-refractivity contribution in [1.82, 2.24) is 5.32 Å². The Labute approximate surface area is 69.4 Å². The van der Waals surface area contributed by atoms with Gasteiger partial charge in [0.05, 0.1) is 0 Å². The van der Waals surface area contributed by atoms with E-state index in [1.165, 1.54) is 0 Å². The number of rotatable bonds is 1. The van der Waals surface area contributed by atoms with Crippen LogP contribution in [0, 0.1) is 0 Å². The zero-order chi connectivity index (χ0) is 8.55. The highest BCUT2D eigenvalue weighted by molar-refractivity contribution is 6.00. The Morgan fingerprint density at radius 2 is 2.25 bits per heavy atom. The molecule has 0 atom stereocenters. The molecule has 1 heterocycles. The van der Waals surface area contributed by atoms with Gasteiger partial charge in [0.25, 0.3) is 5.91 Å². The monoisotopic (exact) mass is 161 g/mol. The van der Waals surface area contributed by atoms with E-state index in [2.05, 4.69) is 5.32 Å². The molecule has 2 rings (SSSR count). The predicted molar refractivity (Wildman–Crippen MR) is 43.0 cm³/mol. The van der Waals surface area contributed by atoms with Gasteiger partial charge in [0, 0.05) is 17.7 Å². The van der Waals surface area contributed by atoms with Crippen molar-refractivity contribution in [2.45, 2.75) is 6.54 Å². The van der Waals surface area contributed by atoms with Crippen molar-refractivity contribution in [3.8, 4) is 0 Å². The molecule has 0 saturated carbocycles. The lowest BCUT2D eigenvalue weighted by Crippen LogP contribution is -2.12. The molecule has 3 heteroatoms. The van der Waals surface area contributed by atoms with E-state index in [4.69, 9.17) is 0 Å². The van der Waals surface area contributed by atoms with E-state index >= 15 is 0 Å². The van der Waals surface area contributed by atoms with Gasteiger partial charge in [-0.05, 0) is 11.6 Å². The standard InChI is InChI=1S/C9H7NO2/c11-5-6-2-1-3-7-8(6)4-10-9(7)12/h1-3,5H,4H2,(H,10,12). The molecule has 1 aromatic carbocycles. The SMILES string of the molecule is O=Cc1cccc2c1CNC2=O. The number of aldehydes is 1. The Morgan fingerprint density at radius 3 is 3.00 bits per heavy atom. The Kier molecular flexibility index (Phi) is 1.43. The normalized spacial score (nSPS) is 13.8. The number of hydrogen-bond donors (Lipinski definition) is 1. The van der Waals surface area contributed by atoms with Crippen molar-refractivity contribution in [2.75, 3.05) is 0 Å². The van der Waals surface area contributed by atoms with Crippen LogP contribution in [-0.2, 0) is 6.54 Å². The molecule has 12 heavy (non-hydrogen) atoms.